The summed E-state index contributed by atoms with van der Waals surface area (Å²) >= 11 is 0. The number of aliphatic hydroxyl groups is 1. The molecular formula is C10H22N2O. The third kappa shape index (κ3) is 3.63. The Morgan fingerprint density at radius 2 is 2.23 bits per heavy atom. The fourth-order valence-electron chi connectivity index (χ4n) is 1.68. The van der Waals surface area contributed by atoms with Crippen molar-refractivity contribution in [1.29, 1.82) is 0 Å². The third-order valence-electron chi connectivity index (χ3n) is 2.70. The molecule has 1 aliphatic rings. The maximum Gasteiger partial charge on any atom is 0.0599 e. The molecule has 1 saturated carbocycles. The topological polar surface area (TPSA) is 49.5 Å². The second kappa shape index (κ2) is 5.58. The molecule has 0 amide bonds. The van der Waals surface area contributed by atoms with Gasteiger partial charge < -0.3 is 10.8 Å². The standard InChI is InChI=1S/C10H22N2O/c1-2-5-12(7-9-3-4-9)10(6-11)8-13/h9-10,13H,2-8,11H2,1H3. The normalized spacial score (nSPS) is 19.4. The molecule has 1 aliphatic carbocycles. The van der Waals surface area contributed by atoms with Gasteiger partial charge in [-0.3, -0.25) is 4.90 Å². The Morgan fingerprint density at radius 3 is 2.62 bits per heavy atom. The largest absolute Gasteiger partial charge is 0.395 e. The number of nitrogens with two attached hydrogens (primary N) is 1. The maximum absolute atomic E-state index is 9.13. The van der Waals surface area contributed by atoms with Gasteiger partial charge in [0.2, 0.25) is 0 Å². The van der Waals surface area contributed by atoms with Crippen molar-refractivity contribution in [2.45, 2.75) is 32.2 Å². The van der Waals surface area contributed by atoms with Gasteiger partial charge in [-0.2, -0.15) is 0 Å². The Labute approximate surface area is 80.9 Å². The van der Waals surface area contributed by atoms with Gasteiger partial charge in [-0.15, -0.1) is 0 Å². The number of aliphatic hydroxyl groups excluding tert-OH is 1. The first kappa shape index (κ1) is 11.0. The van der Waals surface area contributed by atoms with Crippen molar-refractivity contribution >= 4 is 0 Å². The minimum Gasteiger partial charge on any atom is -0.395 e. The van der Waals surface area contributed by atoms with Crippen LogP contribution in [0.1, 0.15) is 26.2 Å². The summed E-state index contributed by atoms with van der Waals surface area (Å²) < 4.78 is 0. The Bertz CT molecular complexity index is 133. The van der Waals surface area contributed by atoms with E-state index in [1.54, 1.807) is 0 Å². The molecule has 1 fully saturated rings. The predicted molar refractivity (Wildman–Crippen MR) is 54.5 cm³/mol. The van der Waals surface area contributed by atoms with Crippen molar-refractivity contribution in [3.63, 3.8) is 0 Å². The van der Waals surface area contributed by atoms with Crippen LogP contribution < -0.4 is 5.73 Å². The van der Waals surface area contributed by atoms with Gasteiger partial charge in [-0.05, 0) is 31.7 Å². The molecular weight excluding hydrogens is 164 g/mol. The van der Waals surface area contributed by atoms with Crippen LogP contribution in [-0.2, 0) is 0 Å². The Hall–Kier alpha value is -0.120. The quantitative estimate of drug-likeness (QED) is 0.606. The van der Waals surface area contributed by atoms with E-state index >= 15 is 0 Å². The molecule has 13 heavy (non-hydrogen) atoms. The van der Waals surface area contributed by atoms with Crippen molar-refractivity contribution in [2.75, 3.05) is 26.2 Å². The molecule has 0 heterocycles. The second-order valence-corrected chi connectivity index (χ2v) is 4.01. The molecule has 0 saturated heterocycles. The van der Waals surface area contributed by atoms with E-state index in [1.165, 1.54) is 12.8 Å². The summed E-state index contributed by atoms with van der Waals surface area (Å²) in [6.45, 7) is 5.15. The number of hydrogen-bond donors (Lipinski definition) is 2. The van der Waals surface area contributed by atoms with Crippen molar-refractivity contribution in [3.05, 3.63) is 0 Å². The van der Waals surface area contributed by atoms with Gasteiger partial charge in [-0.25, -0.2) is 0 Å². The summed E-state index contributed by atoms with van der Waals surface area (Å²) in [5, 5.41) is 9.13. The lowest BCUT2D eigenvalue weighted by molar-refractivity contribution is 0.123. The highest BCUT2D eigenvalue weighted by Crippen LogP contribution is 2.30. The molecule has 0 aromatic carbocycles. The maximum atomic E-state index is 9.13. The van der Waals surface area contributed by atoms with Crippen LogP contribution in [0, 0.1) is 5.92 Å². The van der Waals surface area contributed by atoms with Gasteiger partial charge in [0.25, 0.3) is 0 Å². The number of hydrogen-bond acceptors (Lipinski definition) is 3. The number of rotatable bonds is 7. The van der Waals surface area contributed by atoms with E-state index in [0.717, 1.165) is 25.4 Å². The van der Waals surface area contributed by atoms with Crippen LogP contribution in [0.5, 0.6) is 0 Å². The zero-order valence-electron chi connectivity index (χ0n) is 8.58. The van der Waals surface area contributed by atoms with E-state index in [2.05, 4.69) is 11.8 Å². The highest BCUT2D eigenvalue weighted by atomic mass is 16.3. The van der Waals surface area contributed by atoms with Crippen LogP contribution in [-0.4, -0.2) is 42.3 Å². The second-order valence-electron chi connectivity index (χ2n) is 4.01. The molecule has 3 heteroatoms. The minimum absolute atomic E-state index is 0.181. The van der Waals surface area contributed by atoms with Gasteiger partial charge in [0.15, 0.2) is 0 Å². The van der Waals surface area contributed by atoms with Gasteiger partial charge in [0.1, 0.15) is 0 Å². The average molecular weight is 186 g/mol. The van der Waals surface area contributed by atoms with Crippen LogP contribution in [0.15, 0.2) is 0 Å². The van der Waals surface area contributed by atoms with Crippen LogP contribution in [0.2, 0.25) is 0 Å². The molecule has 3 N–H and O–H groups in total. The van der Waals surface area contributed by atoms with E-state index in [9.17, 15) is 0 Å². The summed E-state index contributed by atoms with van der Waals surface area (Å²) in [5.41, 5.74) is 5.61. The summed E-state index contributed by atoms with van der Waals surface area (Å²) in [5.74, 6) is 0.882. The average Bonchev–Trinajstić information content (AvgIpc) is 2.91. The van der Waals surface area contributed by atoms with Gasteiger partial charge in [-0.1, -0.05) is 6.92 Å². The van der Waals surface area contributed by atoms with E-state index in [0.29, 0.717) is 6.54 Å². The summed E-state index contributed by atoms with van der Waals surface area (Å²) in [6, 6.07) is 0.181. The monoisotopic (exact) mass is 186 g/mol. The lowest BCUT2D eigenvalue weighted by Crippen LogP contribution is -2.44. The molecule has 0 aliphatic heterocycles. The highest BCUT2D eigenvalue weighted by molar-refractivity contribution is 4.81. The lowest BCUT2D eigenvalue weighted by Gasteiger charge is -2.29. The molecule has 3 nitrogen and oxygen atoms in total. The molecule has 78 valence electrons. The van der Waals surface area contributed by atoms with E-state index in [-0.39, 0.29) is 12.6 Å². The molecule has 0 aromatic rings. The zero-order chi connectivity index (χ0) is 9.68. The highest BCUT2D eigenvalue weighted by Gasteiger charge is 2.26. The Kier molecular flexibility index (Phi) is 4.70. The van der Waals surface area contributed by atoms with E-state index < -0.39 is 0 Å². The fraction of sp³-hybridized carbons (Fsp3) is 1.00. The SMILES string of the molecule is CCCN(CC1CC1)C(CN)CO. The first-order valence-corrected chi connectivity index (χ1v) is 5.36. The lowest BCUT2D eigenvalue weighted by atomic mass is 10.2. The molecule has 0 aromatic heterocycles. The van der Waals surface area contributed by atoms with Gasteiger partial charge >= 0.3 is 0 Å². The predicted octanol–water partition coefficient (Wildman–Crippen LogP) is 0.428. The fourth-order valence-corrected chi connectivity index (χ4v) is 1.68. The van der Waals surface area contributed by atoms with Crippen LogP contribution in [0.3, 0.4) is 0 Å². The summed E-state index contributed by atoms with van der Waals surface area (Å²) in [7, 11) is 0. The molecule has 0 bridgehead atoms. The molecule has 1 rings (SSSR count). The van der Waals surface area contributed by atoms with E-state index in [1.807, 2.05) is 0 Å². The molecule has 0 radical (unpaired) electrons. The van der Waals surface area contributed by atoms with Gasteiger partial charge in [0.05, 0.1) is 6.61 Å². The van der Waals surface area contributed by atoms with Crippen molar-refractivity contribution in [1.82, 2.24) is 4.90 Å². The number of nitrogens with zero attached hydrogens (tertiary/aromatic N) is 1. The van der Waals surface area contributed by atoms with Crippen LogP contribution in [0.4, 0.5) is 0 Å². The molecule has 1 unspecified atom stereocenters. The van der Waals surface area contributed by atoms with Crippen LogP contribution in [0.25, 0.3) is 0 Å². The summed E-state index contributed by atoms with van der Waals surface area (Å²) in [6.07, 6.45) is 3.87. The smallest absolute Gasteiger partial charge is 0.0599 e. The minimum atomic E-state index is 0.181. The van der Waals surface area contributed by atoms with E-state index in [4.69, 9.17) is 10.8 Å². The molecule has 0 spiro atoms. The van der Waals surface area contributed by atoms with Crippen molar-refractivity contribution in [2.24, 2.45) is 11.7 Å². The first-order valence-electron chi connectivity index (χ1n) is 5.36. The van der Waals surface area contributed by atoms with Crippen LogP contribution >= 0.6 is 0 Å². The first-order chi connectivity index (χ1) is 6.31. The zero-order valence-corrected chi connectivity index (χ0v) is 8.58. The molecule has 1 atom stereocenters. The third-order valence-corrected chi connectivity index (χ3v) is 2.70. The van der Waals surface area contributed by atoms with Gasteiger partial charge in [0, 0.05) is 19.1 Å². The Morgan fingerprint density at radius 1 is 1.54 bits per heavy atom. The summed E-state index contributed by atoms with van der Waals surface area (Å²) in [4.78, 5) is 2.34. The Balaban J connectivity index is 2.32. The van der Waals surface area contributed by atoms with Crippen molar-refractivity contribution in [3.8, 4) is 0 Å². The van der Waals surface area contributed by atoms with Crippen molar-refractivity contribution < 1.29 is 5.11 Å².